The summed E-state index contributed by atoms with van der Waals surface area (Å²) in [6, 6.07) is 54.0. The highest BCUT2D eigenvalue weighted by Crippen LogP contribution is 2.39. The molecular formula is C42H37BN2O2. The summed E-state index contributed by atoms with van der Waals surface area (Å²) in [6.07, 6.45) is 0. The van der Waals surface area contributed by atoms with Crippen molar-refractivity contribution in [3.05, 3.63) is 152 Å². The van der Waals surface area contributed by atoms with Crippen molar-refractivity contribution in [2.45, 2.75) is 38.9 Å². The molecule has 0 spiro atoms. The number of aromatic nitrogens is 1. The van der Waals surface area contributed by atoms with Crippen molar-refractivity contribution >= 4 is 51.4 Å². The number of fused-ring (bicyclic) bond motifs is 3. The summed E-state index contributed by atoms with van der Waals surface area (Å²) < 4.78 is 15.0. The van der Waals surface area contributed by atoms with E-state index in [4.69, 9.17) is 9.31 Å². The van der Waals surface area contributed by atoms with Gasteiger partial charge in [-0.1, -0.05) is 84.9 Å². The van der Waals surface area contributed by atoms with Gasteiger partial charge in [0, 0.05) is 33.5 Å². The lowest BCUT2D eigenvalue weighted by Gasteiger charge is -2.32. The summed E-state index contributed by atoms with van der Waals surface area (Å²) in [7, 11) is -0.391. The molecule has 5 heteroatoms. The molecule has 8 rings (SSSR count). The molecule has 2 heterocycles. The molecule has 7 aromatic rings. The van der Waals surface area contributed by atoms with Crippen LogP contribution >= 0.6 is 0 Å². The molecule has 0 atom stereocenters. The minimum Gasteiger partial charge on any atom is -0.399 e. The molecule has 1 aliphatic rings. The van der Waals surface area contributed by atoms with E-state index in [1.165, 1.54) is 38.6 Å². The van der Waals surface area contributed by atoms with Gasteiger partial charge in [0.2, 0.25) is 0 Å². The molecule has 230 valence electrons. The monoisotopic (exact) mass is 612 g/mol. The van der Waals surface area contributed by atoms with Crippen LogP contribution in [0.1, 0.15) is 27.7 Å². The first-order chi connectivity index (χ1) is 22.8. The van der Waals surface area contributed by atoms with Gasteiger partial charge in [-0.25, -0.2) is 0 Å². The first-order valence-corrected chi connectivity index (χ1v) is 16.3. The molecule has 0 unspecified atom stereocenters. The van der Waals surface area contributed by atoms with Crippen LogP contribution in [0.3, 0.4) is 0 Å². The largest absolute Gasteiger partial charge is 0.494 e. The first-order valence-electron chi connectivity index (χ1n) is 16.3. The molecule has 4 nitrogen and oxygen atoms in total. The van der Waals surface area contributed by atoms with Crippen LogP contribution < -0.4 is 10.4 Å². The number of para-hydroxylation sites is 3. The summed E-state index contributed by atoms with van der Waals surface area (Å²) >= 11 is 0. The fourth-order valence-corrected chi connectivity index (χ4v) is 6.59. The topological polar surface area (TPSA) is 26.6 Å². The van der Waals surface area contributed by atoms with E-state index in [1.54, 1.807) is 0 Å². The minimum atomic E-state index is -0.391. The maximum atomic E-state index is 6.31. The quantitative estimate of drug-likeness (QED) is 0.175. The Hall–Kier alpha value is -5.10. The second-order valence-electron chi connectivity index (χ2n) is 13.3. The fraction of sp³-hybridized carbons (Fsp3) is 0.143. The Morgan fingerprint density at radius 2 is 1.00 bits per heavy atom. The Bertz CT molecular complexity index is 2170. The van der Waals surface area contributed by atoms with Gasteiger partial charge in [-0.2, -0.15) is 0 Å². The molecule has 1 aliphatic heterocycles. The van der Waals surface area contributed by atoms with Crippen molar-refractivity contribution in [2.24, 2.45) is 0 Å². The van der Waals surface area contributed by atoms with E-state index >= 15 is 0 Å². The molecule has 47 heavy (non-hydrogen) atoms. The predicted octanol–water partition coefficient (Wildman–Crippen LogP) is 10.2. The Kier molecular flexibility index (Phi) is 7.05. The second kappa shape index (κ2) is 11.3. The van der Waals surface area contributed by atoms with Crippen LogP contribution in [-0.4, -0.2) is 22.9 Å². The van der Waals surface area contributed by atoms with E-state index in [1.807, 2.05) is 0 Å². The standard InChI is InChI=1S/C42H37BN2O2/c1-41(2)42(3,4)47-43(46-41)32-22-26-36(27-23-32)44(33-13-7-5-8-14-33)35-24-19-30(20-25-35)31-21-28-40-38(29-31)37-17-11-12-18-39(37)45(40)34-15-9-6-10-16-34/h5-29H,1-4H3. The zero-order valence-electron chi connectivity index (χ0n) is 27.2. The van der Waals surface area contributed by atoms with Crippen molar-refractivity contribution < 1.29 is 9.31 Å². The third-order valence-corrected chi connectivity index (χ3v) is 9.84. The van der Waals surface area contributed by atoms with Gasteiger partial charge in [0.05, 0.1) is 22.2 Å². The molecule has 0 saturated carbocycles. The van der Waals surface area contributed by atoms with Crippen LogP contribution in [0, 0.1) is 0 Å². The van der Waals surface area contributed by atoms with Crippen LogP contribution in [0.5, 0.6) is 0 Å². The van der Waals surface area contributed by atoms with Gasteiger partial charge in [0.25, 0.3) is 0 Å². The van der Waals surface area contributed by atoms with Gasteiger partial charge >= 0.3 is 7.12 Å². The van der Waals surface area contributed by atoms with Crippen LogP contribution in [0.2, 0.25) is 0 Å². The number of benzene rings is 6. The van der Waals surface area contributed by atoms with Crippen molar-refractivity contribution in [3.8, 4) is 16.8 Å². The Morgan fingerprint density at radius 1 is 0.489 bits per heavy atom. The van der Waals surface area contributed by atoms with Gasteiger partial charge in [-0.15, -0.1) is 0 Å². The van der Waals surface area contributed by atoms with Gasteiger partial charge < -0.3 is 18.8 Å². The maximum Gasteiger partial charge on any atom is 0.494 e. The Balaban J connectivity index is 1.14. The summed E-state index contributed by atoms with van der Waals surface area (Å²) in [4.78, 5) is 2.29. The molecule has 1 saturated heterocycles. The lowest BCUT2D eigenvalue weighted by Crippen LogP contribution is -2.41. The summed E-state index contributed by atoms with van der Waals surface area (Å²) in [6.45, 7) is 8.35. The molecular weight excluding hydrogens is 575 g/mol. The van der Waals surface area contributed by atoms with Gasteiger partial charge in [-0.3, -0.25) is 0 Å². The fourth-order valence-electron chi connectivity index (χ4n) is 6.59. The normalized spacial score (nSPS) is 15.4. The Labute approximate surface area is 277 Å². The first kappa shape index (κ1) is 29.3. The van der Waals surface area contributed by atoms with Crippen LogP contribution in [0.25, 0.3) is 38.6 Å². The molecule has 0 N–H and O–H groups in total. The van der Waals surface area contributed by atoms with Gasteiger partial charge in [0.15, 0.2) is 0 Å². The van der Waals surface area contributed by atoms with Crippen molar-refractivity contribution in [3.63, 3.8) is 0 Å². The zero-order chi connectivity index (χ0) is 32.2. The molecule has 6 aromatic carbocycles. The number of anilines is 3. The van der Waals surface area contributed by atoms with E-state index in [0.29, 0.717) is 0 Å². The van der Waals surface area contributed by atoms with Crippen LogP contribution in [-0.2, 0) is 9.31 Å². The third-order valence-electron chi connectivity index (χ3n) is 9.84. The summed E-state index contributed by atoms with van der Waals surface area (Å²) in [5, 5.41) is 2.50. The summed E-state index contributed by atoms with van der Waals surface area (Å²) in [5.41, 5.74) is 9.47. The lowest BCUT2D eigenvalue weighted by molar-refractivity contribution is 0.00578. The average Bonchev–Trinajstić information content (AvgIpc) is 3.54. The average molecular weight is 613 g/mol. The maximum absolute atomic E-state index is 6.31. The highest BCUT2D eigenvalue weighted by Gasteiger charge is 2.51. The van der Waals surface area contributed by atoms with Gasteiger partial charge in [0.1, 0.15) is 0 Å². The van der Waals surface area contributed by atoms with Crippen molar-refractivity contribution in [1.82, 2.24) is 4.57 Å². The molecule has 1 fully saturated rings. The number of hydrogen-bond acceptors (Lipinski definition) is 3. The SMILES string of the molecule is CC1(C)OB(c2ccc(N(c3ccccc3)c3ccc(-c4ccc5c(c4)c4ccccc4n5-c4ccccc4)cc3)cc2)OC1(C)C. The number of hydrogen-bond donors (Lipinski definition) is 0. The summed E-state index contributed by atoms with van der Waals surface area (Å²) in [5.74, 6) is 0. The second-order valence-corrected chi connectivity index (χ2v) is 13.3. The predicted molar refractivity (Wildman–Crippen MR) is 197 cm³/mol. The number of rotatable bonds is 6. The van der Waals surface area contributed by atoms with Gasteiger partial charge in [-0.05, 0) is 111 Å². The zero-order valence-corrected chi connectivity index (χ0v) is 27.2. The molecule has 1 aromatic heterocycles. The van der Waals surface area contributed by atoms with Crippen molar-refractivity contribution in [2.75, 3.05) is 4.90 Å². The van der Waals surface area contributed by atoms with Crippen LogP contribution in [0.4, 0.5) is 17.1 Å². The van der Waals surface area contributed by atoms with E-state index in [-0.39, 0.29) is 11.2 Å². The third kappa shape index (κ3) is 5.13. The smallest absolute Gasteiger partial charge is 0.399 e. The van der Waals surface area contributed by atoms with E-state index in [0.717, 1.165) is 22.5 Å². The molecule has 0 aliphatic carbocycles. The van der Waals surface area contributed by atoms with E-state index < -0.39 is 7.12 Å². The highest BCUT2D eigenvalue weighted by molar-refractivity contribution is 6.62. The number of nitrogens with zero attached hydrogens (tertiary/aromatic N) is 2. The van der Waals surface area contributed by atoms with E-state index in [9.17, 15) is 0 Å². The van der Waals surface area contributed by atoms with E-state index in [2.05, 4.69) is 189 Å². The molecule has 0 amide bonds. The van der Waals surface area contributed by atoms with Crippen LogP contribution in [0.15, 0.2) is 152 Å². The highest BCUT2D eigenvalue weighted by atomic mass is 16.7. The molecule has 0 bridgehead atoms. The lowest BCUT2D eigenvalue weighted by atomic mass is 9.79. The Morgan fingerprint density at radius 3 is 1.66 bits per heavy atom. The van der Waals surface area contributed by atoms with Crippen molar-refractivity contribution in [1.29, 1.82) is 0 Å². The minimum absolute atomic E-state index is 0.377. The molecule has 0 radical (unpaired) electrons.